The molecule has 0 saturated carbocycles. The van der Waals surface area contributed by atoms with E-state index in [-0.39, 0.29) is 24.9 Å². The van der Waals surface area contributed by atoms with E-state index in [0.717, 1.165) is 19.4 Å². The molecule has 22 heavy (non-hydrogen) atoms. The first-order valence-electron chi connectivity index (χ1n) is 7.40. The van der Waals surface area contributed by atoms with E-state index >= 15 is 0 Å². The van der Waals surface area contributed by atoms with Crippen LogP contribution >= 0.6 is 0 Å². The molecule has 0 radical (unpaired) electrons. The molecule has 0 aliphatic heterocycles. The van der Waals surface area contributed by atoms with Gasteiger partial charge in [0.25, 0.3) is 0 Å². The molecule has 0 atom stereocenters. The quantitative estimate of drug-likeness (QED) is 0.798. The van der Waals surface area contributed by atoms with Gasteiger partial charge in [-0.3, -0.25) is 14.5 Å². The van der Waals surface area contributed by atoms with Gasteiger partial charge in [-0.25, -0.2) is 4.39 Å². The van der Waals surface area contributed by atoms with Crippen molar-refractivity contribution >= 4 is 17.5 Å². The van der Waals surface area contributed by atoms with Gasteiger partial charge in [0, 0.05) is 19.3 Å². The second-order valence-electron chi connectivity index (χ2n) is 5.40. The molecule has 0 heterocycles. The number of hydrogen-bond acceptors (Lipinski definition) is 3. The number of nitrogens with one attached hydrogen (secondary N) is 1. The summed E-state index contributed by atoms with van der Waals surface area (Å²) in [6, 6.07) is 5.71. The van der Waals surface area contributed by atoms with Gasteiger partial charge in [0.2, 0.25) is 11.8 Å². The van der Waals surface area contributed by atoms with Crippen LogP contribution in [-0.2, 0) is 9.59 Å². The molecule has 5 nitrogen and oxygen atoms in total. The standard InChI is InChI=1S/C16H24FN3O2/c1-4-5-9-20(3)16(22)12-19(2)11-15(21)18-14-8-6-7-13(17)10-14/h6-8,10H,4-5,9,11-12H2,1-3H3,(H,18,21). The van der Waals surface area contributed by atoms with E-state index in [4.69, 9.17) is 0 Å². The number of carbonyl (C=O) groups is 2. The molecule has 6 heteroatoms. The Morgan fingerprint density at radius 1 is 1.23 bits per heavy atom. The van der Waals surface area contributed by atoms with E-state index < -0.39 is 5.82 Å². The lowest BCUT2D eigenvalue weighted by Gasteiger charge is -2.21. The van der Waals surface area contributed by atoms with E-state index in [0.29, 0.717) is 5.69 Å². The Kier molecular flexibility index (Phi) is 7.52. The third-order valence-corrected chi connectivity index (χ3v) is 3.20. The lowest BCUT2D eigenvalue weighted by Crippen LogP contribution is -2.40. The molecular formula is C16H24FN3O2. The summed E-state index contributed by atoms with van der Waals surface area (Å²) >= 11 is 0. The maximum absolute atomic E-state index is 13.0. The smallest absolute Gasteiger partial charge is 0.238 e. The second-order valence-corrected chi connectivity index (χ2v) is 5.40. The van der Waals surface area contributed by atoms with Crippen LogP contribution in [0.15, 0.2) is 24.3 Å². The highest BCUT2D eigenvalue weighted by atomic mass is 19.1. The van der Waals surface area contributed by atoms with Crippen LogP contribution in [0.5, 0.6) is 0 Å². The van der Waals surface area contributed by atoms with E-state index in [1.807, 2.05) is 0 Å². The van der Waals surface area contributed by atoms with Crippen molar-refractivity contribution in [2.24, 2.45) is 0 Å². The Morgan fingerprint density at radius 2 is 1.95 bits per heavy atom. The van der Waals surface area contributed by atoms with Gasteiger partial charge in [0.15, 0.2) is 0 Å². The van der Waals surface area contributed by atoms with Crippen molar-refractivity contribution in [3.05, 3.63) is 30.1 Å². The fourth-order valence-electron chi connectivity index (χ4n) is 1.94. The summed E-state index contributed by atoms with van der Waals surface area (Å²) in [5, 5.41) is 2.60. The molecule has 1 rings (SSSR count). The van der Waals surface area contributed by atoms with Gasteiger partial charge in [-0.1, -0.05) is 19.4 Å². The van der Waals surface area contributed by atoms with Crippen LogP contribution in [0.2, 0.25) is 0 Å². The third kappa shape index (κ3) is 6.67. The van der Waals surface area contributed by atoms with Crippen molar-refractivity contribution in [1.82, 2.24) is 9.80 Å². The molecule has 0 unspecified atom stereocenters. The maximum atomic E-state index is 13.0. The number of benzene rings is 1. The highest BCUT2D eigenvalue weighted by Gasteiger charge is 2.14. The molecule has 0 aromatic heterocycles. The third-order valence-electron chi connectivity index (χ3n) is 3.20. The maximum Gasteiger partial charge on any atom is 0.238 e. The van der Waals surface area contributed by atoms with Crippen molar-refractivity contribution in [2.75, 3.05) is 39.0 Å². The average Bonchev–Trinajstić information content (AvgIpc) is 2.44. The van der Waals surface area contributed by atoms with Gasteiger partial charge in [-0.15, -0.1) is 0 Å². The molecule has 1 aromatic carbocycles. The summed E-state index contributed by atoms with van der Waals surface area (Å²) in [5.74, 6) is -0.703. The first-order valence-corrected chi connectivity index (χ1v) is 7.40. The van der Waals surface area contributed by atoms with Crippen LogP contribution in [-0.4, -0.2) is 55.3 Å². The van der Waals surface area contributed by atoms with Gasteiger partial charge in [0.05, 0.1) is 13.1 Å². The minimum absolute atomic E-state index is 0.0190. The van der Waals surface area contributed by atoms with Crippen LogP contribution < -0.4 is 5.32 Å². The van der Waals surface area contributed by atoms with Crippen molar-refractivity contribution in [2.45, 2.75) is 19.8 Å². The highest BCUT2D eigenvalue weighted by molar-refractivity contribution is 5.92. The van der Waals surface area contributed by atoms with Crippen molar-refractivity contribution < 1.29 is 14.0 Å². The Bertz CT molecular complexity index is 508. The fraction of sp³-hybridized carbons (Fsp3) is 0.500. The Labute approximate surface area is 131 Å². The fourth-order valence-corrected chi connectivity index (χ4v) is 1.94. The predicted molar refractivity (Wildman–Crippen MR) is 85.1 cm³/mol. The number of likely N-dealkylation sites (N-methyl/N-ethyl adjacent to an activating group) is 2. The minimum Gasteiger partial charge on any atom is -0.345 e. The molecule has 0 aliphatic carbocycles. The zero-order chi connectivity index (χ0) is 16.5. The van der Waals surface area contributed by atoms with Crippen LogP contribution in [0.25, 0.3) is 0 Å². The number of unbranched alkanes of at least 4 members (excludes halogenated alkanes) is 1. The largest absolute Gasteiger partial charge is 0.345 e. The van der Waals surface area contributed by atoms with Crippen LogP contribution in [0.3, 0.4) is 0 Å². The predicted octanol–water partition coefficient (Wildman–Crippen LogP) is 1.95. The number of hydrogen-bond donors (Lipinski definition) is 1. The van der Waals surface area contributed by atoms with Crippen LogP contribution in [0.4, 0.5) is 10.1 Å². The number of amides is 2. The monoisotopic (exact) mass is 309 g/mol. The number of nitrogens with zero attached hydrogens (tertiary/aromatic N) is 2. The minimum atomic E-state index is -0.404. The molecule has 1 aromatic rings. The SMILES string of the molecule is CCCCN(C)C(=O)CN(C)CC(=O)Nc1cccc(F)c1. The number of carbonyl (C=O) groups excluding carboxylic acids is 2. The number of rotatable bonds is 8. The van der Waals surface area contributed by atoms with Gasteiger partial charge >= 0.3 is 0 Å². The number of halogens is 1. The number of anilines is 1. The summed E-state index contributed by atoms with van der Waals surface area (Å²) in [7, 11) is 3.47. The molecular weight excluding hydrogens is 285 g/mol. The van der Waals surface area contributed by atoms with Gasteiger partial charge < -0.3 is 10.2 Å². The molecule has 0 aliphatic rings. The molecule has 1 N–H and O–H groups in total. The van der Waals surface area contributed by atoms with Gasteiger partial charge in [-0.05, 0) is 31.7 Å². The van der Waals surface area contributed by atoms with Crippen LogP contribution in [0, 0.1) is 5.82 Å². The Balaban J connectivity index is 2.39. The van der Waals surface area contributed by atoms with Crippen LogP contribution in [0.1, 0.15) is 19.8 Å². The molecule has 0 fully saturated rings. The normalized spacial score (nSPS) is 10.6. The first-order chi connectivity index (χ1) is 10.4. The highest BCUT2D eigenvalue weighted by Crippen LogP contribution is 2.08. The first kappa shape index (κ1) is 18.1. The lowest BCUT2D eigenvalue weighted by atomic mass is 10.3. The van der Waals surface area contributed by atoms with E-state index in [1.165, 1.54) is 18.2 Å². The van der Waals surface area contributed by atoms with Gasteiger partial charge in [0.1, 0.15) is 5.82 Å². The Hall–Kier alpha value is -1.95. The summed E-state index contributed by atoms with van der Waals surface area (Å²) in [5.41, 5.74) is 0.407. The summed E-state index contributed by atoms with van der Waals surface area (Å²) in [6.07, 6.45) is 2.00. The van der Waals surface area contributed by atoms with Gasteiger partial charge in [-0.2, -0.15) is 0 Å². The Morgan fingerprint density at radius 3 is 2.59 bits per heavy atom. The molecule has 0 bridgehead atoms. The summed E-state index contributed by atoms with van der Waals surface area (Å²) in [4.78, 5) is 27.1. The zero-order valence-electron chi connectivity index (χ0n) is 13.4. The molecule has 122 valence electrons. The summed E-state index contributed by atoms with van der Waals surface area (Å²) < 4.78 is 13.0. The topological polar surface area (TPSA) is 52.7 Å². The lowest BCUT2D eigenvalue weighted by molar-refractivity contribution is -0.131. The second kappa shape index (κ2) is 9.15. The van der Waals surface area contributed by atoms with E-state index in [2.05, 4.69) is 12.2 Å². The average molecular weight is 309 g/mol. The molecule has 0 saturated heterocycles. The molecule has 2 amide bonds. The van der Waals surface area contributed by atoms with Crippen molar-refractivity contribution in [3.63, 3.8) is 0 Å². The summed E-state index contributed by atoms with van der Waals surface area (Å²) in [6.45, 7) is 3.04. The molecule has 0 spiro atoms. The zero-order valence-corrected chi connectivity index (χ0v) is 13.4. The van der Waals surface area contributed by atoms with E-state index in [1.54, 1.807) is 30.0 Å². The van der Waals surface area contributed by atoms with Crippen molar-refractivity contribution in [1.29, 1.82) is 0 Å². The van der Waals surface area contributed by atoms with Crippen molar-refractivity contribution in [3.8, 4) is 0 Å². The van der Waals surface area contributed by atoms with E-state index in [9.17, 15) is 14.0 Å².